The molecule has 1 aliphatic rings. The van der Waals surface area contributed by atoms with Crippen LogP contribution in [0.3, 0.4) is 0 Å². The summed E-state index contributed by atoms with van der Waals surface area (Å²) in [6.45, 7) is 6.68. The van der Waals surface area contributed by atoms with Crippen LogP contribution in [0.4, 0.5) is 4.79 Å². The van der Waals surface area contributed by atoms with Gasteiger partial charge in [0.15, 0.2) is 0 Å². The third-order valence-corrected chi connectivity index (χ3v) is 2.02. The minimum absolute atomic E-state index is 0.302. The number of rotatable bonds is 0. The Hall–Kier alpha value is -1.50. The smallest absolute Gasteiger partial charge is 0.410 e. The normalized spacial score (nSPS) is 19.1. The summed E-state index contributed by atoms with van der Waals surface area (Å²) in [6.07, 6.45) is 1.97. The number of likely N-dealkylation sites (tertiary alicyclic amines) is 1. The summed E-state index contributed by atoms with van der Waals surface area (Å²) in [7, 11) is 0. The van der Waals surface area contributed by atoms with E-state index in [1.807, 2.05) is 26.8 Å². The second-order valence-corrected chi connectivity index (χ2v) is 4.58. The van der Waals surface area contributed by atoms with Crippen molar-refractivity contribution in [3.05, 3.63) is 11.6 Å². The Kier molecular flexibility index (Phi) is 3.35. The minimum atomic E-state index is -0.460. The van der Waals surface area contributed by atoms with Crippen LogP contribution in [0.1, 0.15) is 27.2 Å². The Balaban J connectivity index is 2.52. The monoisotopic (exact) mass is 208 g/mol. The van der Waals surface area contributed by atoms with Gasteiger partial charge in [-0.15, -0.1) is 0 Å². The number of carbonyl (C=O) groups excluding carboxylic acids is 1. The van der Waals surface area contributed by atoms with Gasteiger partial charge in [-0.25, -0.2) is 4.79 Å². The van der Waals surface area contributed by atoms with Gasteiger partial charge in [-0.2, -0.15) is 5.26 Å². The molecule has 82 valence electrons. The highest BCUT2D eigenvalue weighted by Crippen LogP contribution is 2.18. The average molecular weight is 208 g/mol. The zero-order valence-electron chi connectivity index (χ0n) is 9.41. The fraction of sp³-hybridized carbons (Fsp3) is 0.636. The van der Waals surface area contributed by atoms with Crippen molar-refractivity contribution in [2.75, 3.05) is 13.1 Å². The molecule has 15 heavy (non-hydrogen) atoms. The second kappa shape index (κ2) is 4.35. The Morgan fingerprint density at radius 1 is 1.60 bits per heavy atom. The van der Waals surface area contributed by atoms with Gasteiger partial charge in [0.2, 0.25) is 0 Å². The first-order valence-electron chi connectivity index (χ1n) is 4.98. The first kappa shape index (κ1) is 11.6. The Labute approximate surface area is 90.1 Å². The topological polar surface area (TPSA) is 53.3 Å². The predicted molar refractivity (Wildman–Crippen MR) is 56.1 cm³/mol. The van der Waals surface area contributed by atoms with Gasteiger partial charge in [0.1, 0.15) is 5.60 Å². The Morgan fingerprint density at radius 3 is 2.80 bits per heavy atom. The van der Waals surface area contributed by atoms with E-state index in [2.05, 4.69) is 0 Å². The van der Waals surface area contributed by atoms with Gasteiger partial charge in [0.05, 0.1) is 6.07 Å². The third kappa shape index (κ3) is 3.62. The largest absolute Gasteiger partial charge is 0.444 e. The molecular weight excluding hydrogens is 192 g/mol. The highest BCUT2D eigenvalue weighted by molar-refractivity contribution is 5.69. The maximum Gasteiger partial charge on any atom is 0.410 e. The molecule has 4 nitrogen and oxygen atoms in total. The number of nitriles is 1. The number of allylic oxidation sites excluding steroid dienone is 1. The second-order valence-electron chi connectivity index (χ2n) is 4.58. The first-order valence-corrected chi connectivity index (χ1v) is 4.98. The molecule has 0 unspecified atom stereocenters. The number of amides is 1. The third-order valence-electron chi connectivity index (χ3n) is 2.02. The molecule has 4 heteroatoms. The average Bonchev–Trinajstić information content (AvgIpc) is 2.50. The molecule has 0 bridgehead atoms. The fourth-order valence-corrected chi connectivity index (χ4v) is 1.37. The summed E-state index contributed by atoms with van der Waals surface area (Å²) < 4.78 is 5.22. The van der Waals surface area contributed by atoms with Crippen LogP contribution in [0, 0.1) is 11.3 Å². The van der Waals surface area contributed by atoms with E-state index in [4.69, 9.17) is 10.00 Å². The van der Waals surface area contributed by atoms with Crippen LogP contribution in [0.25, 0.3) is 0 Å². The van der Waals surface area contributed by atoms with Crippen molar-refractivity contribution in [1.29, 1.82) is 5.26 Å². The summed E-state index contributed by atoms with van der Waals surface area (Å²) in [5.74, 6) is 0. The number of hydrogen-bond acceptors (Lipinski definition) is 3. The summed E-state index contributed by atoms with van der Waals surface area (Å²) in [5, 5.41) is 8.48. The van der Waals surface area contributed by atoms with E-state index in [-0.39, 0.29) is 6.09 Å². The zero-order chi connectivity index (χ0) is 11.5. The van der Waals surface area contributed by atoms with E-state index in [1.54, 1.807) is 4.90 Å². The van der Waals surface area contributed by atoms with Crippen LogP contribution in [0.15, 0.2) is 11.6 Å². The molecule has 0 atom stereocenters. The summed E-state index contributed by atoms with van der Waals surface area (Å²) in [4.78, 5) is 13.2. The van der Waals surface area contributed by atoms with Crippen molar-refractivity contribution in [2.45, 2.75) is 32.8 Å². The Morgan fingerprint density at radius 2 is 2.27 bits per heavy atom. The first-order chi connectivity index (χ1) is 6.92. The molecule has 1 heterocycles. The molecule has 0 aromatic carbocycles. The maximum atomic E-state index is 11.6. The molecule has 0 aromatic heterocycles. The van der Waals surface area contributed by atoms with E-state index in [0.717, 1.165) is 12.0 Å². The molecule has 0 N–H and O–H groups in total. The van der Waals surface area contributed by atoms with Crippen molar-refractivity contribution >= 4 is 6.09 Å². The van der Waals surface area contributed by atoms with Gasteiger partial charge >= 0.3 is 6.09 Å². The lowest BCUT2D eigenvalue weighted by molar-refractivity contribution is 0.0299. The van der Waals surface area contributed by atoms with Gasteiger partial charge in [0, 0.05) is 19.2 Å². The van der Waals surface area contributed by atoms with Crippen LogP contribution in [0.5, 0.6) is 0 Å². The lowest BCUT2D eigenvalue weighted by Crippen LogP contribution is -2.34. The molecule has 1 amide bonds. The van der Waals surface area contributed by atoms with Crippen molar-refractivity contribution < 1.29 is 9.53 Å². The molecule has 0 radical (unpaired) electrons. The van der Waals surface area contributed by atoms with Crippen LogP contribution < -0.4 is 0 Å². The van der Waals surface area contributed by atoms with Gasteiger partial charge in [-0.3, -0.25) is 0 Å². The number of hydrogen-bond donors (Lipinski definition) is 0. The standard InChI is InChI=1S/C11H16N2O2/c1-11(2,3)15-10(14)13-7-5-9(8-13)4-6-12/h4H,5,7-8H2,1-3H3. The van der Waals surface area contributed by atoms with Crippen molar-refractivity contribution in [3.8, 4) is 6.07 Å². The van der Waals surface area contributed by atoms with E-state index in [9.17, 15) is 4.79 Å². The van der Waals surface area contributed by atoms with Crippen LogP contribution in [-0.2, 0) is 4.74 Å². The minimum Gasteiger partial charge on any atom is -0.444 e. The van der Waals surface area contributed by atoms with Gasteiger partial charge < -0.3 is 9.64 Å². The van der Waals surface area contributed by atoms with E-state index < -0.39 is 5.60 Å². The van der Waals surface area contributed by atoms with E-state index in [0.29, 0.717) is 13.1 Å². The molecule has 1 aliphatic heterocycles. The van der Waals surface area contributed by atoms with Crippen LogP contribution in [-0.4, -0.2) is 29.7 Å². The molecule has 1 rings (SSSR count). The van der Waals surface area contributed by atoms with Crippen molar-refractivity contribution in [2.24, 2.45) is 0 Å². The molecule has 1 fully saturated rings. The van der Waals surface area contributed by atoms with Crippen molar-refractivity contribution in [3.63, 3.8) is 0 Å². The SMILES string of the molecule is CC(C)(C)OC(=O)N1CCC(=CC#N)C1. The van der Waals surface area contributed by atoms with E-state index >= 15 is 0 Å². The van der Waals surface area contributed by atoms with Crippen LogP contribution >= 0.6 is 0 Å². The molecule has 0 spiro atoms. The van der Waals surface area contributed by atoms with Gasteiger partial charge in [0.25, 0.3) is 0 Å². The highest BCUT2D eigenvalue weighted by atomic mass is 16.6. The van der Waals surface area contributed by atoms with Gasteiger partial charge in [-0.1, -0.05) is 0 Å². The zero-order valence-corrected chi connectivity index (χ0v) is 9.41. The summed E-state index contributed by atoms with van der Waals surface area (Å²) in [5.41, 5.74) is 0.530. The molecule has 0 aliphatic carbocycles. The lowest BCUT2D eigenvalue weighted by Gasteiger charge is -2.23. The van der Waals surface area contributed by atoms with Crippen LogP contribution in [0.2, 0.25) is 0 Å². The fourth-order valence-electron chi connectivity index (χ4n) is 1.37. The van der Waals surface area contributed by atoms with Crippen molar-refractivity contribution in [1.82, 2.24) is 4.90 Å². The molecule has 0 saturated carbocycles. The maximum absolute atomic E-state index is 11.6. The Bertz CT molecular complexity index is 320. The molecule has 1 saturated heterocycles. The van der Waals surface area contributed by atoms with Gasteiger partial charge in [-0.05, 0) is 32.8 Å². The molecule has 0 aromatic rings. The number of nitrogens with zero attached hydrogens (tertiary/aromatic N) is 2. The lowest BCUT2D eigenvalue weighted by atomic mass is 10.2. The number of carbonyl (C=O) groups is 1. The highest BCUT2D eigenvalue weighted by Gasteiger charge is 2.26. The predicted octanol–water partition coefficient (Wildman–Crippen LogP) is 2.08. The number of ether oxygens (including phenoxy) is 1. The summed E-state index contributed by atoms with van der Waals surface area (Å²) in [6, 6.07) is 1.98. The van der Waals surface area contributed by atoms with E-state index in [1.165, 1.54) is 6.08 Å². The summed E-state index contributed by atoms with van der Waals surface area (Å²) >= 11 is 0. The molecular formula is C11H16N2O2. The quantitative estimate of drug-likeness (QED) is 0.573.